The molecule has 0 amide bonds. The second kappa shape index (κ2) is 9.82. The summed E-state index contributed by atoms with van der Waals surface area (Å²) in [6.07, 6.45) is 15.8. The first-order chi connectivity index (χ1) is 9.27. The van der Waals surface area contributed by atoms with Crippen molar-refractivity contribution >= 4 is 5.71 Å². The van der Waals surface area contributed by atoms with Gasteiger partial charge in [0.25, 0.3) is 0 Å². The zero-order chi connectivity index (χ0) is 13.9. The van der Waals surface area contributed by atoms with Crippen LogP contribution in [0.5, 0.6) is 0 Å². The molecule has 0 aromatic heterocycles. The molecule has 0 N–H and O–H groups in total. The van der Waals surface area contributed by atoms with Crippen LogP contribution in [0.3, 0.4) is 0 Å². The van der Waals surface area contributed by atoms with Crippen LogP contribution in [-0.4, -0.2) is 23.7 Å². The standard InChI is InChI=1S/C14H24N2.C3H6/c1-4-6-10-14(15-13(3)9-5-2)16-11-7-8-12-16;1-2-3-1/h5,9-10H,4,6-8,11-12H2,1-3H3;1-3H2/b9-5-,14-10-,15-13-;. The van der Waals surface area contributed by atoms with E-state index in [9.17, 15) is 0 Å². The topological polar surface area (TPSA) is 15.6 Å². The molecule has 2 fully saturated rings. The summed E-state index contributed by atoms with van der Waals surface area (Å²) in [5.74, 6) is 1.18. The number of hydrogen-bond acceptors (Lipinski definition) is 2. The molecule has 0 bridgehead atoms. The summed E-state index contributed by atoms with van der Waals surface area (Å²) in [6.45, 7) is 8.64. The maximum Gasteiger partial charge on any atom is 0.124 e. The van der Waals surface area contributed by atoms with Crippen LogP contribution >= 0.6 is 0 Å². The van der Waals surface area contributed by atoms with Gasteiger partial charge in [0.1, 0.15) is 5.82 Å². The Hall–Kier alpha value is -1.05. The first kappa shape index (κ1) is 16.0. The normalized spacial score (nSPS) is 19.6. The largest absolute Gasteiger partial charge is 0.357 e. The highest BCUT2D eigenvalue weighted by Crippen LogP contribution is 2.17. The minimum absolute atomic E-state index is 1.09. The van der Waals surface area contributed by atoms with Crippen molar-refractivity contribution in [2.75, 3.05) is 13.1 Å². The number of unbranched alkanes of at least 4 members (excludes halogenated alkanes) is 1. The van der Waals surface area contributed by atoms with E-state index in [1.807, 2.05) is 13.0 Å². The van der Waals surface area contributed by atoms with Crippen molar-refractivity contribution in [2.24, 2.45) is 4.99 Å². The summed E-state index contributed by atoms with van der Waals surface area (Å²) in [7, 11) is 0. The maximum absolute atomic E-state index is 4.70. The summed E-state index contributed by atoms with van der Waals surface area (Å²) in [6, 6.07) is 0. The van der Waals surface area contributed by atoms with E-state index in [2.05, 4.69) is 30.9 Å². The lowest BCUT2D eigenvalue weighted by Gasteiger charge is -2.18. The van der Waals surface area contributed by atoms with Crippen molar-refractivity contribution in [1.82, 2.24) is 4.90 Å². The van der Waals surface area contributed by atoms with Gasteiger partial charge in [-0.1, -0.05) is 38.7 Å². The van der Waals surface area contributed by atoms with Crippen LogP contribution in [0.2, 0.25) is 0 Å². The quantitative estimate of drug-likeness (QED) is 0.641. The van der Waals surface area contributed by atoms with Gasteiger partial charge in [-0.25, -0.2) is 4.99 Å². The van der Waals surface area contributed by atoms with Gasteiger partial charge in [-0.15, -0.1) is 0 Å². The van der Waals surface area contributed by atoms with E-state index >= 15 is 0 Å². The first-order valence-electron chi connectivity index (χ1n) is 7.91. The monoisotopic (exact) mass is 262 g/mol. The lowest BCUT2D eigenvalue weighted by Crippen LogP contribution is -2.18. The first-order valence-corrected chi connectivity index (χ1v) is 7.91. The summed E-state index contributed by atoms with van der Waals surface area (Å²) in [4.78, 5) is 7.11. The van der Waals surface area contributed by atoms with E-state index < -0.39 is 0 Å². The Morgan fingerprint density at radius 3 is 2.21 bits per heavy atom. The van der Waals surface area contributed by atoms with Gasteiger partial charge in [0.05, 0.1) is 0 Å². The molecule has 2 heteroatoms. The van der Waals surface area contributed by atoms with Crippen molar-refractivity contribution in [3.8, 4) is 0 Å². The third-order valence-corrected chi connectivity index (χ3v) is 3.10. The van der Waals surface area contributed by atoms with E-state index in [0.717, 1.165) is 12.1 Å². The van der Waals surface area contributed by atoms with Gasteiger partial charge in [-0.2, -0.15) is 0 Å². The number of allylic oxidation sites excluding steroid dienone is 3. The highest BCUT2D eigenvalue weighted by Gasteiger charge is 2.13. The van der Waals surface area contributed by atoms with E-state index in [-0.39, 0.29) is 0 Å². The van der Waals surface area contributed by atoms with Gasteiger partial charge in [-0.05, 0) is 45.3 Å². The molecular weight excluding hydrogens is 232 g/mol. The average molecular weight is 262 g/mol. The van der Waals surface area contributed by atoms with Crippen LogP contribution in [0, 0.1) is 0 Å². The summed E-state index contributed by atoms with van der Waals surface area (Å²) >= 11 is 0. The van der Waals surface area contributed by atoms with Crippen LogP contribution in [-0.2, 0) is 0 Å². The fourth-order valence-electron chi connectivity index (χ4n) is 1.92. The zero-order valence-corrected chi connectivity index (χ0v) is 13.0. The molecule has 1 aliphatic carbocycles. The number of likely N-dealkylation sites (tertiary alicyclic amines) is 1. The lowest BCUT2D eigenvalue weighted by atomic mass is 10.3. The number of hydrogen-bond donors (Lipinski definition) is 0. The molecule has 1 aliphatic heterocycles. The van der Waals surface area contributed by atoms with Gasteiger partial charge in [0, 0.05) is 18.8 Å². The van der Waals surface area contributed by atoms with Crippen LogP contribution in [0.25, 0.3) is 0 Å². The van der Waals surface area contributed by atoms with Crippen LogP contribution in [0.4, 0.5) is 0 Å². The second-order valence-corrected chi connectivity index (χ2v) is 5.36. The van der Waals surface area contributed by atoms with Gasteiger partial charge < -0.3 is 4.90 Å². The molecule has 1 saturated carbocycles. The molecule has 0 aromatic rings. The van der Waals surface area contributed by atoms with Crippen LogP contribution in [0.1, 0.15) is 65.7 Å². The predicted octanol–water partition coefficient (Wildman–Crippen LogP) is 4.93. The highest BCUT2D eigenvalue weighted by atomic mass is 15.2. The summed E-state index contributed by atoms with van der Waals surface area (Å²) < 4.78 is 0. The Bertz CT molecular complexity index is 315. The summed E-state index contributed by atoms with van der Waals surface area (Å²) in [5.41, 5.74) is 1.09. The molecule has 0 unspecified atom stereocenters. The van der Waals surface area contributed by atoms with Crippen molar-refractivity contribution < 1.29 is 0 Å². The highest BCUT2D eigenvalue weighted by molar-refractivity contribution is 5.93. The third kappa shape index (κ3) is 7.86. The Kier molecular flexibility index (Phi) is 8.28. The zero-order valence-electron chi connectivity index (χ0n) is 13.0. The fraction of sp³-hybridized carbons (Fsp3) is 0.706. The minimum Gasteiger partial charge on any atom is -0.357 e. The van der Waals surface area contributed by atoms with E-state index in [4.69, 9.17) is 4.99 Å². The van der Waals surface area contributed by atoms with Gasteiger partial charge in [0.2, 0.25) is 0 Å². The number of rotatable bonds is 5. The lowest BCUT2D eigenvalue weighted by molar-refractivity contribution is 0.420. The molecule has 2 rings (SSSR count). The molecular formula is C17H30N2. The van der Waals surface area contributed by atoms with E-state index in [0.29, 0.717) is 0 Å². The molecule has 0 atom stereocenters. The Balaban J connectivity index is 0.000000524. The van der Waals surface area contributed by atoms with Crippen molar-refractivity contribution in [2.45, 2.75) is 65.7 Å². The van der Waals surface area contributed by atoms with E-state index in [1.165, 1.54) is 57.4 Å². The van der Waals surface area contributed by atoms with Crippen molar-refractivity contribution in [3.05, 3.63) is 24.0 Å². The molecule has 19 heavy (non-hydrogen) atoms. The van der Waals surface area contributed by atoms with Crippen LogP contribution in [0.15, 0.2) is 29.0 Å². The number of aliphatic imine (C=N–C) groups is 1. The summed E-state index contributed by atoms with van der Waals surface area (Å²) in [5, 5.41) is 0. The molecule has 1 heterocycles. The molecule has 0 spiro atoms. The molecule has 0 aromatic carbocycles. The molecule has 1 saturated heterocycles. The predicted molar refractivity (Wildman–Crippen MR) is 85.6 cm³/mol. The van der Waals surface area contributed by atoms with Crippen LogP contribution < -0.4 is 0 Å². The Morgan fingerprint density at radius 2 is 1.74 bits per heavy atom. The molecule has 2 nitrogen and oxygen atoms in total. The third-order valence-electron chi connectivity index (χ3n) is 3.10. The fourth-order valence-corrected chi connectivity index (χ4v) is 1.92. The van der Waals surface area contributed by atoms with Gasteiger partial charge in [-0.3, -0.25) is 0 Å². The van der Waals surface area contributed by atoms with Gasteiger partial charge in [0.15, 0.2) is 0 Å². The Morgan fingerprint density at radius 1 is 1.11 bits per heavy atom. The molecule has 108 valence electrons. The van der Waals surface area contributed by atoms with E-state index in [1.54, 1.807) is 0 Å². The number of nitrogens with zero attached hydrogens (tertiary/aromatic N) is 2. The SMILES string of the molecule is C1CC1.C\C=C/C(C)=N\C(=C\CCC)N1CCCC1. The second-order valence-electron chi connectivity index (χ2n) is 5.36. The van der Waals surface area contributed by atoms with Gasteiger partial charge >= 0.3 is 0 Å². The maximum atomic E-state index is 4.70. The molecule has 0 radical (unpaired) electrons. The van der Waals surface area contributed by atoms with Crippen molar-refractivity contribution in [1.29, 1.82) is 0 Å². The molecule has 2 aliphatic rings. The smallest absolute Gasteiger partial charge is 0.124 e. The average Bonchev–Trinajstić information content (AvgIpc) is 3.19. The van der Waals surface area contributed by atoms with Crippen molar-refractivity contribution in [3.63, 3.8) is 0 Å². The minimum atomic E-state index is 1.09. The Labute approximate surface area is 119 Å².